The molecule has 8 heteroatoms. The van der Waals surface area contributed by atoms with E-state index < -0.39 is 19.4 Å². The number of urea groups is 1. The molecular formula is C24H33FN4O2Si. The number of hydrogen-bond donors (Lipinski definition) is 2. The third-order valence-corrected chi connectivity index (χ3v) is 11.3. The Morgan fingerprint density at radius 2 is 1.84 bits per heavy atom. The fourth-order valence-electron chi connectivity index (χ4n) is 5.16. The van der Waals surface area contributed by atoms with Crippen LogP contribution < -0.4 is 10.6 Å². The van der Waals surface area contributed by atoms with Crippen LogP contribution >= 0.6 is 0 Å². The Kier molecular flexibility index (Phi) is 5.35. The smallest absolute Gasteiger partial charge is 0.311 e. The first kappa shape index (κ1) is 22.7. The number of aliphatic imine (C=N–C) groups is 1. The second kappa shape index (κ2) is 7.54. The summed E-state index contributed by atoms with van der Waals surface area (Å²) >= 11 is 0. The second-order valence-corrected chi connectivity index (χ2v) is 16.3. The van der Waals surface area contributed by atoms with Crippen LogP contribution in [-0.2, 0) is 4.79 Å². The highest BCUT2D eigenvalue weighted by Crippen LogP contribution is 2.55. The quantitative estimate of drug-likeness (QED) is 0.638. The molecule has 172 valence electrons. The van der Waals surface area contributed by atoms with Gasteiger partial charge in [0.2, 0.25) is 5.91 Å². The molecule has 3 amide bonds. The zero-order valence-corrected chi connectivity index (χ0v) is 20.9. The summed E-state index contributed by atoms with van der Waals surface area (Å²) in [4.78, 5) is 32.7. The van der Waals surface area contributed by atoms with Gasteiger partial charge < -0.3 is 15.5 Å². The lowest BCUT2D eigenvalue weighted by Gasteiger charge is -2.49. The zero-order chi connectivity index (χ0) is 23.5. The number of aryl methyl sites for hydroxylation is 1. The van der Waals surface area contributed by atoms with Gasteiger partial charge in [0.25, 0.3) is 0 Å². The van der Waals surface area contributed by atoms with Crippen LogP contribution in [0.1, 0.15) is 38.7 Å². The van der Waals surface area contributed by atoms with Gasteiger partial charge in [0.15, 0.2) is 0 Å². The normalized spacial score (nSPS) is 21.1. The summed E-state index contributed by atoms with van der Waals surface area (Å²) in [5, 5.41) is 5.59. The minimum absolute atomic E-state index is 0.0813. The number of amidine groups is 1. The average molecular weight is 457 g/mol. The minimum Gasteiger partial charge on any atom is -0.311 e. The molecule has 0 aromatic heterocycles. The highest BCUT2D eigenvalue weighted by molar-refractivity contribution is 6.82. The summed E-state index contributed by atoms with van der Waals surface area (Å²) in [6.07, 6.45) is 2.97. The van der Waals surface area contributed by atoms with Crippen LogP contribution in [-0.4, -0.2) is 49.4 Å². The van der Waals surface area contributed by atoms with Crippen LogP contribution in [0.3, 0.4) is 0 Å². The summed E-state index contributed by atoms with van der Waals surface area (Å²) in [5.74, 6) is 0.222. The van der Waals surface area contributed by atoms with Gasteiger partial charge in [-0.1, -0.05) is 32.1 Å². The Hall–Kier alpha value is -2.48. The SMILES string of the molecule is Cc1ccc(NC(=O)N2CC3=C(CN=C3NC(=O)C3([Si](C)(C)C)CCC3)C2(C)C)c(F)c1. The fourth-order valence-corrected chi connectivity index (χ4v) is 7.76. The molecule has 1 saturated carbocycles. The number of amides is 3. The largest absolute Gasteiger partial charge is 0.322 e. The highest BCUT2D eigenvalue weighted by atomic mass is 28.3. The van der Waals surface area contributed by atoms with Crippen molar-refractivity contribution >= 4 is 31.5 Å². The molecule has 0 atom stereocenters. The van der Waals surface area contributed by atoms with Crippen molar-refractivity contribution < 1.29 is 14.0 Å². The number of benzene rings is 1. The van der Waals surface area contributed by atoms with E-state index in [-0.39, 0.29) is 22.7 Å². The first-order valence-electron chi connectivity index (χ1n) is 11.3. The van der Waals surface area contributed by atoms with Gasteiger partial charge in [-0.2, -0.15) is 0 Å². The van der Waals surface area contributed by atoms with Crippen molar-refractivity contribution in [3.8, 4) is 0 Å². The van der Waals surface area contributed by atoms with Crippen molar-refractivity contribution in [2.45, 2.75) is 70.3 Å². The first-order chi connectivity index (χ1) is 14.9. The molecule has 1 fully saturated rings. The molecule has 3 aliphatic rings. The number of nitrogens with one attached hydrogen (secondary N) is 2. The molecule has 0 radical (unpaired) electrons. The Labute approximate surface area is 190 Å². The molecule has 1 aromatic rings. The molecule has 2 heterocycles. The Morgan fingerprint density at radius 3 is 2.41 bits per heavy atom. The lowest BCUT2D eigenvalue weighted by molar-refractivity contribution is -0.125. The number of carbonyl (C=O) groups excluding carboxylic acids is 2. The van der Waals surface area contributed by atoms with Crippen molar-refractivity contribution in [1.29, 1.82) is 0 Å². The van der Waals surface area contributed by atoms with Gasteiger partial charge in [0.05, 0.1) is 32.4 Å². The topological polar surface area (TPSA) is 73.8 Å². The van der Waals surface area contributed by atoms with Crippen molar-refractivity contribution in [1.82, 2.24) is 10.2 Å². The molecule has 2 aliphatic heterocycles. The van der Waals surface area contributed by atoms with Crippen molar-refractivity contribution in [2.75, 3.05) is 18.4 Å². The van der Waals surface area contributed by atoms with E-state index in [1.165, 1.54) is 6.07 Å². The molecule has 4 rings (SSSR count). The number of nitrogens with zero attached hydrogens (tertiary/aromatic N) is 2. The number of rotatable bonds is 3. The molecule has 0 spiro atoms. The summed E-state index contributed by atoms with van der Waals surface area (Å²) in [7, 11) is -1.70. The van der Waals surface area contributed by atoms with Gasteiger partial charge in [-0.3, -0.25) is 9.79 Å². The lowest BCUT2D eigenvalue weighted by atomic mass is 9.83. The standard InChI is InChI=1S/C24H33FN4O2Si/c1-15-8-9-19(18(25)12-15)27-22(31)29-14-16-17(23(29,2)3)13-26-20(16)28-21(30)24(10-7-11-24)32(4,5)6/h8-9,12H,7,10-11,13-14H2,1-6H3,(H,27,31)(H,26,28,30). The van der Waals surface area contributed by atoms with Crippen molar-refractivity contribution in [2.24, 2.45) is 4.99 Å². The number of hydrogen-bond acceptors (Lipinski definition) is 3. The summed E-state index contributed by atoms with van der Waals surface area (Å²) in [6, 6.07) is 4.38. The minimum atomic E-state index is -1.70. The van der Waals surface area contributed by atoms with Gasteiger partial charge in [0.1, 0.15) is 11.7 Å². The molecule has 2 N–H and O–H groups in total. The maximum absolute atomic E-state index is 14.3. The van der Waals surface area contributed by atoms with Crippen LogP contribution in [0.25, 0.3) is 0 Å². The van der Waals surface area contributed by atoms with Crippen molar-refractivity contribution in [3.05, 3.63) is 40.7 Å². The van der Waals surface area contributed by atoms with Gasteiger partial charge in [-0.05, 0) is 56.9 Å². The lowest BCUT2D eigenvalue weighted by Crippen LogP contribution is -2.55. The summed E-state index contributed by atoms with van der Waals surface area (Å²) < 4.78 is 14.3. The van der Waals surface area contributed by atoms with Crippen LogP contribution in [0.4, 0.5) is 14.9 Å². The third-order valence-electron chi connectivity index (χ3n) is 7.70. The molecule has 1 aromatic carbocycles. The van der Waals surface area contributed by atoms with E-state index in [0.29, 0.717) is 18.9 Å². The zero-order valence-electron chi connectivity index (χ0n) is 19.9. The fraction of sp³-hybridized carbons (Fsp3) is 0.542. The highest BCUT2D eigenvalue weighted by Gasteiger charge is 2.54. The average Bonchev–Trinajstić information content (AvgIpc) is 3.13. The molecule has 0 saturated heterocycles. The molecule has 1 aliphatic carbocycles. The van der Waals surface area contributed by atoms with E-state index >= 15 is 0 Å². The molecule has 6 nitrogen and oxygen atoms in total. The monoisotopic (exact) mass is 456 g/mol. The molecular weight excluding hydrogens is 423 g/mol. The van der Waals surface area contributed by atoms with Crippen LogP contribution in [0.5, 0.6) is 0 Å². The number of carbonyl (C=O) groups is 2. The van der Waals surface area contributed by atoms with Crippen LogP contribution in [0.15, 0.2) is 34.3 Å². The predicted molar refractivity (Wildman–Crippen MR) is 128 cm³/mol. The van der Waals surface area contributed by atoms with E-state index in [2.05, 4.69) is 35.3 Å². The second-order valence-electron chi connectivity index (χ2n) is 10.8. The van der Waals surface area contributed by atoms with E-state index in [1.807, 2.05) is 13.8 Å². The Morgan fingerprint density at radius 1 is 1.16 bits per heavy atom. The van der Waals surface area contributed by atoms with Crippen molar-refractivity contribution in [3.63, 3.8) is 0 Å². The van der Waals surface area contributed by atoms with Gasteiger partial charge in [-0.25, -0.2) is 9.18 Å². The molecule has 0 bridgehead atoms. The summed E-state index contributed by atoms with van der Waals surface area (Å²) in [6.45, 7) is 13.3. The van der Waals surface area contributed by atoms with Gasteiger partial charge in [-0.15, -0.1) is 0 Å². The van der Waals surface area contributed by atoms with E-state index in [4.69, 9.17) is 0 Å². The maximum Gasteiger partial charge on any atom is 0.322 e. The number of anilines is 1. The predicted octanol–water partition coefficient (Wildman–Crippen LogP) is 4.85. The maximum atomic E-state index is 14.3. The van der Waals surface area contributed by atoms with E-state index in [9.17, 15) is 14.0 Å². The Balaban J connectivity index is 1.50. The summed E-state index contributed by atoms with van der Waals surface area (Å²) in [5.41, 5.74) is 2.31. The van der Waals surface area contributed by atoms with Gasteiger partial charge in [0, 0.05) is 10.6 Å². The first-order valence-corrected chi connectivity index (χ1v) is 14.8. The van der Waals surface area contributed by atoms with E-state index in [0.717, 1.165) is 36.0 Å². The van der Waals surface area contributed by atoms with Crippen LogP contribution in [0.2, 0.25) is 24.7 Å². The Bertz CT molecular complexity index is 1050. The van der Waals surface area contributed by atoms with E-state index in [1.54, 1.807) is 24.0 Å². The number of halogens is 1. The van der Waals surface area contributed by atoms with Crippen LogP contribution in [0, 0.1) is 12.7 Å². The molecule has 0 unspecified atom stereocenters. The van der Waals surface area contributed by atoms with Gasteiger partial charge >= 0.3 is 6.03 Å². The third kappa shape index (κ3) is 3.48. The molecule has 32 heavy (non-hydrogen) atoms.